The molecule has 0 aromatic carbocycles. The molecule has 1 saturated heterocycles. The Morgan fingerprint density at radius 1 is 1.52 bits per heavy atom. The molecule has 1 fully saturated rings. The number of fused-ring (bicyclic) bond motifs is 1. The molecule has 114 valence electrons. The summed E-state index contributed by atoms with van der Waals surface area (Å²) in [7, 11) is 0. The molecule has 1 aliphatic heterocycles. The molecule has 21 heavy (non-hydrogen) atoms. The lowest BCUT2D eigenvalue weighted by Crippen LogP contribution is -2.36. The smallest absolute Gasteiger partial charge is 0.249 e. The van der Waals surface area contributed by atoms with Crippen molar-refractivity contribution in [3.63, 3.8) is 0 Å². The molecule has 1 N–H and O–H groups in total. The van der Waals surface area contributed by atoms with Gasteiger partial charge in [-0.25, -0.2) is 0 Å². The zero-order valence-corrected chi connectivity index (χ0v) is 12.5. The summed E-state index contributed by atoms with van der Waals surface area (Å²) < 4.78 is 9.21. The van der Waals surface area contributed by atoms with Gasteiger partial charge in [-0.1, -0.05) is 0 Å². The average Bonchev–Trinajstić information content (AvgIpc) is 3.18. The van der Waals surface area contributed by atoms with E-state index in [4.69, 9.17) is 4.74 Å². The lowest BCUT2D eigenvalue weighted by Gasteiger charge is -2.10. The van der Waals surface area contributed by atoms with Crippen molar-refractivity contribution >= 4 is 16.9 Å². The maximum absolute atomic E-state index is 11.9. The number of aryl methyl sites for hydroxylation is 2. The first-order chi connectivity index (χ1) is 10.2. The lowest BCUT2D eigenvalue weighted by atomic mass is 10.2. The highest BCUT2D eigenvalue weighted by Gasteiger charge is 2.23. The summed E-state index contributed by atoms with van der Waals surface area (Å²) in [5.74, 6) is -0.0168. The van der Waals surface area contributed by atoms with Crippen LogP contribution in [0.3, 0.4) is 0 Å². The number of hydrogen-bond acceptors (Lipinski definition) is 4. The number of nitrogens with zero attached hydrogens (tertiary/aromatic N) is 4. The van der Waals surface area contributed by atoms with Gasteiger partial charge in [0, 0.05) is 19.7 Å². The normalized spacial score (nSPS) is 18.5. The van der Waals surface area contributed by atoms with E-state index >= 15 is 0 Å². The molecule has 0 bridgehead atoms. The van der Waals surface area contributed by atoms with Crippen LogP contribution < -0.4 is 5.32 Å². The predicted octanol–water partition coefficient (Wildman–Crippen LogP) is 0.856. The van der Waals surface area contributed by atoms with Gasteiger partial charge in [-0.3, -0.25) is 14.2 Å². The lowest BCUT2D eigenvalue weighted by molar-refractivity contribution is -0.130. The van der Waals surface area contributed by atoms with Crippen molar-refractivity contribution < 1.29 is 9.53 Å². The van der Waals surface area contributed by atoms with Crippen molar-refractivity contribution in [1.82, 2.24) is 24.9 Å². The molecular formula is C14H21N5O2. The molecule has 0 aliphatic carbocycles. The van der Waals surface area contributed by atoms with Gasteiger partial charge >= 0.3 is 0 Å². The third-order valence-corrected chi connectivity index (χ3v) is 3.86. The minimum absolute atomic E-state index is 0.0168. The Morgan fingerprint density at radius 2 is 2.38 bits per heavy atom. The number of aromatic nitrogens is 4. The Labute approximate surface area is 123 Å². The van der Waals surface area contributed by atoms with Crippen molar-refractivity contribution in [1.29, 1.82) is 0 Å². The standard InChI is InChI=1S/C14H21N5O2/c1-3-18-11-9-16-19(13(11)10(2)17-18)7-6-15-14(20)12-5-4-8-21-12/h9,12H,3-8H2,1-2H3,(H,15,20)/t12-/m1/s1. The summed E-state index contributed by atoms with van der Waals surface area (Å²) >= 11 is 0. The van der Waals surface area contributed by atoms with Crippen molar-refractivity contribution in [3.8, 4) is 0 Å². The molecule has 2 aromatic heterocycles. The van der Waals surface area contributed by atoms with Gasteiger partial charge < -0.3 is 10.1 Å². The number of hydrogen-bond donors (Lipinski definition) is 1. The van der Waals surface area contributed by atoms with Gasteiger partial charge in [-0.15, -0.1) is 0 Å². The first kappa shape index (κ1) is 14.1. The molecule has 0 saturated carbocycles. The Bertz CT molecular complexity index is 639. The van der Waals surface area contributed by atoms with E-state index in [1.807, 2.05) is 22.5 Å². The molecule has 0 radical (unpaired) electrons. The van der Waals surface area contributed by atoms with Crippen LogP contribution >= 0.6 is 0 Å². The topological polar surface area (TPSA) is 74.0 Å². The molecule has 0 unspecified atom stereocenters. The minimum atomic E-state index is -0.271. The van der Waals surface area contributed by atoms with Gasteiger partial charge in [0.25, 0.3) is 0 Å². The summed E-state index contributed by atoms with van der Waals surface area (Å²) in [5, 5.41) is 11.8. The van der Waals surface area contributed by atoms with E-state index in [-0.39, 0.29) is 12.0 Å². The number of carbonyl (C=O) groups is 1. The summed E-state index contributed by atoms with van der Waals surface area (Å²) in [6, 6.07) is 0. The second-order valence-electron chi connectivity index (χ2n) is 5.30. The first-order valence-electron chi connectivity index (χ1n) is 7.49. The highest BCUT2D eigenvalue weighted by atomic mass is 16.5. The maximum atomic E-state index is 11.9. The third kappa shape index (κ3) is 2.65. The van der Waals surface area contributed by atoms with Crippen LogP contribution in [0.15, 0.2) is 6.20 Å². The van der Waals surface area contributed by atoms with Gasteiger partial charge in [0.1, 0.15) is 17.1 Å². The highest BCUT2D eigenvalue weighted by Crippen LogP contribution is 2.17. The quantitative estimate of drug-likeness (QED) is 0.886. The van der Waals surface area contributed by atoms with E-state index < -0.39 is 0 Å². The second-order valence-corrected chi connectivity index (χ2v) is 5.30. The Balaban J connectivity index is 1.63. The van der Waals surface area contributed by atoms with Crippen LogP contribution in [0.1, 0.15) is 25.5 Å². The molecule has 1 amide bonds. The number of carbonyl (C=O) groups excluding carboxylic acids is 1. The van der Waals surface area contributed by atoms with Gasteiger partial charge in [0.05, 0.1) is 18.4 Å². The third-order valence-electron chi connectivity index (χ3n) is 3.86. The molecule has 0 spiro atoms. The van der Waals surface area contributed by atoms with Crippen LogP contribution in [0.2, 0.25) is 0 Å². The first-order valence-corrected chi connectivity index (χ1v) is 7.49. The number of rotatable bonds is 5. The monoisotopic (exact) mass is 291 g/mol. The summed E-state index contributed by atoms with van der Waals surface area (Å²) in [6.07, 6.45) is 3.35. The van der Waals surface area contributed by atoms with E-state index in [0.29, 0.717) is 19.7 Å². The molecule has 7 heteroatoms. The molecule has 7 nitrogen and oxygen atoms in total. The van der Waals surface area contributed by atoms with Crippen LogP contribution in [0.4, 0.5) is 0 Å². The number of ether oxygens (including phenoxy) is 1. The van der Waals surface area contributed by atoms with Crippen molar-refractivity contribution in [2.75, 3.05) is 13.2 Å². The Morgan fingerprint density at radius 3 is 3.10 bits per heavy atom. The molecule has 3 heterocycles. The van der Waals surface area contributed by atoms with E-state index in [0.717, 1.165) is 36.1 Å². The Hall–Kier alpha value is -1.89. The van der Waals surface area contributed by atoms with Crippen molar-refractivity contribution in [3.05, 3.63) is 11.9 Å². The summed E-state index contributed by atoms with van der Waals surface area (Å²) in [5.41, 5.74) is 3.05. The zero-order chi connectivity index (χ0) is 14.8. The molecular weight excluding hydrogens is 270 g/mol. The predicted molar refractivity (Wildman–Crippen MR) is 77.9 cm³/mol. The SMILES string of the molecule is CCn1nc(C)c2c1cnn2CCNC(=O)[C@H]1CCCO1. The van der Waals surface area contributed by atoms with Crippen LogP contribution in [0, 0.1) is 6.92 Å². The van der Waals surface area contributed by atoms with E-state index in [2.05, 4.69) is 22.4 Å². The summed E-state index contributed by atoms with van der Waals surface area (Å²) in [4.78, 5) is 11.9. The minimum Gasteiger partial charge on any atom is -0.368 e. The fraction of sp³-hybridized carbons (Fsp3) is 0.643. The molecule has 1 aliphatic rings. The van der Waals surface area contributed by atoms with Gasteiger partial charge in [0.15, 0.2) is 0 Å². The fourth-order valence-corrected chi connectivity index (χ4v) is 2.81. The van der Waals surface area contributed by atoms with Gasteiger partial charge in [0.2, 0.25) is 5.91 Å². The van der Waals surface area contributed by atoms with Crippen LogP contribution in [0.5, 0.6) is 0 Å². The maximum Gasteiger partial charge on any atom is 0.249 e. The average molecular weight is 291 g/mol. The number of amides is 1. The molecule has 3 rings (SSSR count). The van der Waals surface area contributed by atoms with Crippen LogP contribution in [-0.4, -0.2) is 44.7 Å². The van der Waals surface area contributed by atoms with E-state index in [1.54, 1.807) is 0 Å². The highest BCUT2D eigenvalue weighted by molar-refractivity contribution is 5.81. The number of nitrogens with one attached hydrogen (secondary N) is 1. The summed E-state index contributed by atoms with van der Waals surface area (Å²) in [6.45, 7) is 6.74. The second kappa shape index (κ2) is 5.85. The van der Waals surface area contributed by atoms with E-state index in [9.17, 15) is 4.79 Å². The zero-order valence-electron chi connectivity index (χ0n) is 12.5. The van der Waals surface area contributed by atoms with Crippen molar-refractivity contribution in [2.24, 2.45) is 0 Å². The van der Waals surface area contributed by atoms with Crippen LogP contribution in [0.25, 0.3) is 11.0 Å². The van der Waals surface area contributed by atoms with E-state index in [1.165, 1.54) is 0 Å². The van der Waals surface area contributed by atoms with Crippen molar-refractivity contribution in [2.45, 2.75) is 45.9 Å². The van der Waals surface area contributed by atoms with Gasteiger partial charge in [-0.2, -0.15) is 10.2 Å². The Kier molecular flexibility index (Phi) is 3.92. The van der Waals surface area contributed by atoms with Crippen LogP contribution in [-0.2, 0) is 22.6 Å². The largest absolute Gasteiger partial charge is 0.368 e. The molecule has 1 atom stereocenters. The fourth-order valence-electron chi connectivity index (χ4n) is 2.81. The van der Waals surface area contributed by atoms with Gasteiger partial charge in [-0.05, 0) is 26.7 Å². The molecule has 2 aromatic rings.